The van der Waals surface area contributed by atoms with Gasteiger partial charge in [-0.15, -0.1) is 10.2 Å². The van der Waals surface area contributed by atoms with Gasteiger partial charge in [-0.05, 0) is 54.2 Å². The first kappa shape index (κ1) is 28.5. The minimum atomic E-state index is -5.19. The van der Waals surface area contributed by atoms with E-state index in [1.807, 2.05) is 5.32 Å². The van der Waals surface area contributed by atoms with Crippen LogP contribution in [0.5, 0.6) is 5.75 Å². The fourth-order valence-corrected chi connectivity index (χ4v) is 4.96. The first-order chi connectivity index (χ1) is 19.4. The van der Waals surface area contributed by atoms with Crippen molar-refractivity contribution < 1.29 is 40.3 Å². The van der Waals surface area contributed by atoms with Crippen LogP contribution < -0.4 is 10.1 Å². The molecule has 1 unspecified atom stereocenters. The van der Waals surface area contributed by atoms with E-state index in [1.54, 1.807) is 10.9 Å². The van der Waals surface area contributed by atoms with Crippen LogP contribution in [0.3, 0.4) is 0 Å². The Labute approximate surface area is 228 Å². The molecule has 1 atom stereocenters. The number of amides is 1. The second kappa shape index (κ2) is 10.8. The minimum absolute atomic E-state index is 0.0672. The zero-order valence-electron chi connectivity index (χ0n) is 21.3. The van der Waals surface area contributed by atoms with Crippen LogP contribution in [-0.4, -0.2) is 55.3 Å². The van der Waals surface area contributed by atoms with E-state index < -0.39 is 61.0 Å². The molecule has 1 aliphatic heterocycles. The molecule has 3 aromatic rings. The Balaban J connectivity index is 1.51. The number of carbonyl (C=O) groups excluding carboxylic acids is 1. The number of ether oxygens (including phenoxy) is 1. The molecule has 0 radical (unpaired) electrons. The molecule has 5 rings (SSSR count). The van der Waals surface area contributed by atoms with Gasteiger partial charge in [0.05, 0.1) is 17.9 Å². The lowest BCUT2D eigenvalue weighted by Gasteiger charge is -2.41. The van der Waals surface area contributed by atoms with Gasteiger partial charge >= 0.3 is 12.4 Å². The van der Waals surface area contributed by atoms with Crippen LogP contribution in [-0.2, 0) is 16.9 Å². The van der Waals surface area contributed by atoms with E-state index >= 15 is 4.39 Å². The third-order valence-corrected chi connectivity index (χ3v) is 7.24. The van der Waals surface area contributed by atoms with Crippen LogP contribution in [0.25, 0.3) is 11.1 Å². The average molecular weight is 588 g/mol. The Hall–Kier alpha value is -3.98. The third kappa shape index (κ3) is 5.91. The summed E-state index contributed by atoms with van der Waals surface area (Å²) in [5.41, 5.74) is -4.51. The maximum Gasteiger partial charge on any atom is 0.416 e. The standard InChI is InChI=1S/C25H24F7N7O2/c26-18-11-15(41-10-2-8-24(27,28)29)5-6-17(18)23(25(30,31)32)12-16(20(22(40)33-23)21-34-37-38-35-21)19-7-9-39(36-19)13-14-3-1-4-14/h5-7,9,11,14H,1-4,8,10,12-13H2,(H,33,40)(H,34,35,37,38). The molecule has 1 amide bonds. The van der Waals surface area contributed by atoms with Crippen molar-refractivity contribution >= 4 is 17.1 Å². The number of hydrogen-bond acceptors (Lipinski definition) is 6. The number of rotatable bonds is 9. The van der Waals surface area contributed by atoms with Crippen LogP contribution in [0.15, 0.2) is 30.5 Å². The van der Waals surface area contributed by atoms with Gasteiger partial charge in [0.15, 0.2) is 5.54 Å². The van der Waals surface area contributed by atoms with Gasteiger partial charge in [-0.3, -0.25) is 9.48 Å². The summed E-state index contributed by atoms with van der Waals surface area (Å²) in [7, 11) is 0. The summed E-state index contributed by atoms with van der Waals surface area (Å²) in [6.45, 7) is 0.129. The Morgan fingerprint density at radius 1 is 1.12 bits per heavy atom. The molecule has 3 heterocycles. The molecule has 41 heavy (non-hydrogen) atoms. The summed E-state index contributed by atoms with van der Waals surface area (Å²) < 4.78 is 104. The molecule has 0 spiro atoms. The highest BCUT2D eigenvalue weighted by Crippen LogP contribution is 2.50. The van der Waals surface area contributed by atoms with Crippen molar-refractivity contribution in [3.63, 3.8) is 0 Å². The van der Waals surface area contributed by atoms with Gasteiger partial charge in [-0.25, -0.2) is 4.39 Å². The highest BCUT2D eigenvalue weighted by molar-refractivity contribution is 6.27. The fourth-order valence-electron chi connectivity index (χ4n) is 4.96. The van der Waals surface area contributed by atoms with E-state index in [0.717, 1.165) is 31.4 Å². The van der Waals surface area contributed by atoms with Crippen molar-refractivity contribution in [2.45, 2.75) is 63.0 Å². The van der Waals surface area contributed by atoms with E-state index in [0.29, 0.717) is 18.5 Å². The number of halogens is 7. The van der Waals surface area contributed by atoms with Crippen molar-refractivity contribution in [3.05, 3.63) is 53.4 Å². The predicted octanol–water partition coefficient (Wildman–Crippen LogP) is 4.95. The summed E-state index contributed by atoms with van der Waals surface area (Å²) in [6, 6.07) is 3.93. The van der Waals surface area contributed by atoms with Crippen LogP contribution in [0, 0.1) is 11.7 Å². The minimum Gasteiger partial charge on any atom is -0.493 e. The van der Waals surface area contributed by atoms with Crippen molar-refractivity contribution in [2.75, 3.05) is 6.61 Å². The summed E-state index contributed by atoms with van der Waals surface area (Å²) >= 11 is 0. The average Bonchev–Trinajstić information content (AvgIpc) is 3.55. The van der Waals surface area contributed by atoms with Crippen LogP contribution >= 0.6 is 0 Å². The summed E-state index contributed by atoms with van der Waals surface area (Å²) in [5.74, 6) is -2.71. The quantitative estimate of drug-likeness (QED) is 0.271. The highest BCUT2D eigenvalue weighted by Gasteiger charge is 2.61. The molecule has 2 aromatic heterocycles. The number of tetrazole rings is 1. The summed E-state index contributed by atoms with van der Waals surface area (Å²) in [4.78, 5) is 13.3. The van der Waals surface area contributed by atoms with Crippen molar-refractivity contribution in [2.24, 2.45) is 5.92 Å². The molecule has 2 aliphatic rings. The number of carbonyl (C=O) groups is 1. The molecule has 0 saturated heterocycles. The zero-order chi connectivity index (χ0) is 29.4. The number of H-pyrrole nitrogens is 1. The lowest BCUT2D eigenvalue weighted by molar-refractivity contribution is -0.202. The number of aromatic amines is 1. The number of aromatic nitrogens is 6. The van der Waals surface area contributed by atoms with Gasteiger partial charge < -0.3 is 10.1 Å². The second-order valence-corrected chi connectivity index (χ2v) is 10.1. The van der Waals surface area contributed by atoms with Crippen molar-refractivity contribution in [3.8, 4) is 5.75 Å². The fraction of sp³-hybridized carbons (Fsp3) is 0.480. The Kier molecular flexibility index (Phi) is 7.50. The molecule has 9 nitrogen and oxygen atoms in total. The Morgan fingerprint density at radius 2 is 1.90 bits per heavy atom. The maximum absolute atomic E-state index is 15.3. The van der Waals surface area contributed by atoms with E-state index in [-0.39, 0.29) is 28.4 Å². The monoisotopic (exact) mass is 587 g/mol. The van der Waals surface area contributed by atoms with E-state index in [9.17, 15) is 31.1 Å². The lowest BCUT2D eigenvalue weighted by Crippen LogP contribution is -2.59. The van der Waals surface area contributed by atoms with Crippen LogP contribution in [0.1, 0.15) is 55.6 Å². The first-order valence-corrected chi connectivity index (χ1v) is 12.8. The molecule has 220 valence electrons. The van der Waals surface area contributed by atoms with Crippen molar-refractivity contribution in [1.82, 2.24) is 35.7 Å². The van der Waals surface area contributed by atoms with Crippen LogP contribution in [0.4, 0.5) is 30.7 Å². The zero-order valence-corrected chi connectivity index (χ0v) is 21.3. The lowest BCUT2D eigenvalue weighted by atomic mass is 9.77. The van der Waals surface area contributed by atoms with E-state index in [4.69, 9.17) is 4.74 Å². The predicted molar refractivity (Wildman–Crippen MR) is 128 cm³/mol. The number of alkyl halides is 6. The molecular formula is C25H24F7N7O2. The maximum atomic E-state index is 15.3. The van der Waals surface area contributed by atoms with Gasteiger partial charge in [-0.1, -0.05) is 6.42 Å². The highest BCUT2D eigenvalue weighted by atomic mass is 19.4. The molecule has 16 heteroatoms. The molecule has 1 aliphatic carbocycles. The normalized spacial score (nSPS) is 20.2. The molecule has 0 bridgehead atoms. The van der Waals surface area contributed by atoms with E-state index in [1.165, 1.54) is 6.07 Å². The molecule has 1 saturated carbocycles. The number of hydrogen-bond donors (Lipinski definition) is 2. The first-order valence-electron chi connectivity index (χ1n) is 12.8. The molecule has 2 N–H and O–H groups in total. The Morgan fingerprint density at radius 3 is 2.51 bits per heavy atom. The van der Waals surface area contributed by atoms with Gasteiger partial charge in [0.1, 0.15) is 11.6 Å². The molecule has 1 aromatic carbocycles. The third-order valence-electron chi connectivity index (χ3n) is 7.24. The summed E-state index contributed by atoms with van der Waals surface area (Å²) in [6.07, 6.45) is -7.41. The molecule has 1 fully saturated rings. The second-order valence-electron chi connectivity index (χ2n) is 10.1. The smallest absolute Gasteiger partial charge is 0.416 e. The van der Waals surface area contributed by atoms with Gasteiger partial charge in [0, 0.05) is 37.2 Å². The SMILES string of the molecule is O=C1NC(c2ccc(OCCCC(F)(F)F)cc2F)(C(F)(F)F)CC(c2ccn(CC3CCC3)n2)=C1c1nn[nH]n1. The van der Waals surface area contributed by atoms with Gasteiger partial charge in [0.2, 0.25) is 5.82 Å². The van der Waals surface area contributed by atoms with Crippen molar-refractivity contribution in [1.29, 1.82) is 0 Å². The topological polar surface area (TPSA) is 111 Å². The number of nitrogens with zero attached hydrogens (tertiary/aromatic N) is 5. The van der Waals surface area contributed by atoms with Gasteiger partial charge in [0.25, 0.3) is 5.91 Å². The molecular weight excluding hydrogens is 563 g/mol. The van der Waals surface area contributed by atoms with Gasteiger partial charge in [-0.2, -0.15) is 36.7 Å². The largest absolute Gasteiger partial charge is 0.493 e. The van der Waals surface area contributed by atoms with Crippen LogP contribution in [0.2, 0.25) is 0 Å². The summed E-state index contributed by atoms with van der Waals surface area (Å²) in [5, 5.41) is 19.4. The Bertz CT molecular complexity index is 1430. The van der Waals surface area contributed by atoms with E-state index in [2.05, 4.69) is 25.7 Å². The number of nitrogens with one attached hydrogen (secondary N) is 2. The number of benzene rings is 1.